The van der Waals surface area contributed by atoms with Gasteiger partial charge in [-0.05, 0) is 46.3 Å². The Morgan fingerprint density at radius 1 is 1.14 bits per heavy atom. The monoisotopic (exact) mass is 373 g/mol. The van der Waals surface area contributed by atoms with Gasteiger partial charge in [0.1, 0.15) is 21.8 Å². The Morgan fingerprint density at radius 3 is 2.48 bits per heavy atom. The Balaban J connectivity index is 2.55. The van der Waals surface area contributed by atoms with Crippen LogP contribution in [0.4, 0.5) is 4.39 Å². The molecule has 0 saturated heterocycles. The van der Waals surface area contributed by atoms with Crippen molar-refractivity contribution in [3.63, 3.8) is 0 Å². The van der Waals surface area contributed by atoms with Gasteiger partial charge in [0, 0.05) is 16.1 Å². The number of nitrogens with two attached hydrogens (primary N) is 1. The summed E-state index contributed by atoms with van der Waals surface area (Å²) in [6, 6.07) is 7.06. The summed E-state index contributed by atoms with van der Waals surface area (Å²) in [6.45, 7) is 0. The summed E-state index contributed by atoms with van der Waals surface area (Å²) in [5.41, 5.74) is 7.12. The molecule has 0 aliphatic rings. The lowest BCUT2D eigenvalue weighted by atomic mass is 9.98. The average molecular weight is 375 g/mol. The third-order valence-electron chi connectivity index (χ3n) is 3.14. The van der Waals surface area contributed by atoms with Crippen molar-refractivity contribution in [1.29, 1.82) is 0 Å². The van der Waals surface area contributed by atoms with E-state index in [4.69, 9.17) is 26.8 Å². The molecular weight excluding hydrogens is 361 g/mol. The lowest BCUT2D eigenvalue weighted by Crippen LogP contribution is -2.15. The maximum absolute atomic E-state index is 14.0. The van der Waals surface area contributed by atoms with Crippen molar-refractivity contribution in [1.82, 2.24) is 0 Å². The fourth-order valence-electron chi connectivity index (χ4n) is 2.08. The zero-order valence-electron chi connectivity index (χ0n) is 11.5. The lowest BCUT2D eigenvalue weighted by Gasteiger charge is -2.19. The number of ether oxygens (including phenoxy) is 2. The molecule has 1 unspecified atom stereocenters. The molecule has 1 atom stereocenters. The summed E-state index contributed by atoms with van der Waals surface area (Å²) in [5.74, 6) is 0.691. The van der Waals surface area contributed by atoms with Crippen LogP contribution in [-0.4, -0.2) is 14.2 Å². The third-order valence-corrected chi connectivity index (χ3v) is 4.13. The van der Waals surface area contributed by atoms with Crippen molar-refractivity contribution < 1.29 is 13.9 Å². The molecule has 0 bridgehead atoms. The highest BCUT2D eigenvalue weighted by Crippen LogP contribution is 2.41. The summed E-state index contributed by atoms with van der Waals surface area (Å²) in [4.78, 5) is 0. The van der Waals surface area contributed by atoms with Gasteiger partial charge in [0.2, 0.25) is 0 Å². The highest BCUT2D eigenvalue weighted by Gasteiger charge is 2.21. The molecule has 2 aromatic carbocycles. The van der Waals surface area contributed by atoms with Crippen molar-refractivity contribution in [2.24, 2.45) is 5.73 Å². The minimum absolute atomic E-state index is 0.304. The summed E-state index contributed by atoms with van der Waals surface area (Å²) in [5, 5.41) is 0.424. The molecule has 2 aromatic rings. The number of halogens is 3. The van der Waals surface area contributed by atoms with E-state index in [1.54, 1.807) is 19.2 Å². The molecule has 0 spiro atoms. The molecule has 0 aliphatic heterocycles. The predicted molar refractivity (Wildman–Crippen MR) is 84.7 cm³/mol. The molecule has 2 rings (SSSR count). The van der Waals surface area contributed by atoms with E-state index < -0.39 is 11.9 Å². The van der Waals surface area contributed by atoms with Crippen LogP contribution in [-0.2, 0) is 0 Å². The van der Waals surface area contributed by atoms with Crippen LogP contribution in [0.25, 0.3) is 0 Å². The van der Waals surface area contributed by atoms with Gasteiger partial charge in [-0.3, -0.25) is 0 Å². The summed E-state index contributed by atoms with van der Waals surface area (Å²) < 4.78 is 25.2. The standard InChI is InChI=1S/C15H14BrClFNO2/c1-20-12-6-4-9(15(21-2)13(12)16)14(19)10-7-8(17)3-5-11(10)18/h3-7,14H,19H2,1-2H3. The van der Waals surface area contributed by atoms with Gasteiger partial charge in [-0.1, -0.05) is 11.6 Å². The van der Waals surface area contributed by atoms with E-state index in [-0.39, 0.29) is 0 Å². The molecule has 0 fully saturated rings. The average Bonchev–Trinajstić information content (AvgIpc) is 2.48. The summed E-state index contributed by atoms with van der Waals surface area (Å²) in [6.07, 6.45) is 0. The molecule has 0 aromatic heterocycles. The van der Waals surface area contributed by atoms with Gasteiger partial charge in [-0.2, -0.15) is 0 Å². The topological polar surface area (TPSA) is 44.5 Å². The molecule has 0 aliphatic carbocycles. The Hall–Kier alpha value is -1.30. The second kappa shape index (κ2) is 6.64. The molecule has 21 heavy (non-hydrogen) atoms. The van der Waals surface area contributed by atoms with Gasteiger partial charge < -0.3 is 15.2 Å². The van der Waals surface area contributed by atoms with Gasteiger partial charge >= 0.3 is 0 Å². The van der Waals surface area contributed by atoms with Crippen LogP contribution in [0.3, 0.4) is 0 Å². The van der Waals surface area contributed by atoms with Crippen molar-refractivity contribution in [2.75, 3.05) is 14.2 Å². The molecule has 112 valence electrons. The van der Waals surface area contributed by atoms with E-state index in [9.17, 15) is 4.39 Å². The third kappa shape index (κ3) is 3.15. The first-order valence-corrected chi connectivity index (χ1v) is 7.27. The smallest absolute Gasteiger partial charge is 0.141 e. The van der Waals surface area contributed by atoms with Crippen molar-refractivity contribution >= 4 is 27.5 Å². The normalized spacial score (nSPS) is 12.1. The van der Waals surface area contributed by atoms with Gasteiger partial charge in [0.05, 0.1) is 20.3 Å². The van der Waals surface area contributed by atoms with Crippen molar-refractivity contribution in [3.8, 4) is 11.5 Å². The summed E-state index contributed by atoms with van der Waals surface area (Å²) >= 11 is 9.32. The van der Waals surface area contributed by atoms with Crippen LogP contribution in [0.2, 0.25) is 5.02 Å². The van der Waals surface area contributed by atoms with E-state index in [0.717, 1.165) is 0 Å². The second-order valence-electron chi connectivity index (χ2n) is 4.35. The number of hydrogen-bond acceptors (Lipinski definition) is 3. The quantitative estimate of drug-likeness (QED) is 0.867. The van der Waals surface area contributed by atoms with Crippen molar-refractivity contribution in [2.45, 2.75) is 6.04 Å². The maximum atomic E-state index is 14.0. The molecule has 3 nitrogen and oxygen atoms in total. The predicted octanol–water partition coefficient (Wildman–Crippen LogP) is 4.31. The molecule has 0 heterocycles. The van der Waals surface area contributed by atoms with Gasteiger partial charge in [-0.25, -0.2) is 4.39 Å². The Morgan fingerprint density at radius 2 is 1.86 bits per heavy atom. The fourth-order valence-corrected chi connectivity index (χ4v) is 2.95. The molecule has 6 heteroatoms. The van der Waals surface area contributed by atoms with Gasteiger partial charge in [0.15, 0.2) is 0 Å². The van der Waals surface area contributed by atoms with Crippen LogP contribution in [0.15, 0.2) is 34.8 Å². The second-order valence-corrected chi connectivity index (χ2v) is 5.58. The number of hydrogen-bond donors (Lipinski definition) is 1. The minimum Gasteiger partial charge on any atom is -0.495 e. The largest absolute Gasteiger partial charge is 0.495 e. The molecule has 0 saturated carbocycles. The fraction of sp³-hybridized carbons (Fsp3) is 0.200. The SMILES string of the molecule is COc1ccc(C(N)c2cc(Cl)ccc2F)c(OC)c1Br. The van der Waals surface area contributed by atoms with E-state index >= 15 is 0 Å². The zero-order valence-corrected chi connectivity index (χ0v) is 13.8. The lowest BCUT2D eigenvalue weighted by molar-refractivity contribution is 0.384. The Labute approximate surface area is 135 Å². The Kier molecular flexibility index (Phi) is 5.08. The van der Waals surface area contributed by atoms with Crippen LogP contribution < -0.4 is 15.2 Å². The first-order valence-electron chi connectivity index (χ1n) is 6.10. The zero-order chi connectivity index (χ0) is 15.6. The molecule has 2 N–H and O–H groups in total. The molecule has 0 radical (unpaired) electrons. The number of methoxy groups -OCH3 is 2. The van der Waals surface area contributed by atoms with E-state index in [2.05, 4.69) is 15.9 Å². The Bertz CT molecular complexity index is 666. The number of benzene rings is 2. The van der Waals surface area contributed by atoms with Crippen molar-refractivity contribution in [3.05, 3.63) is 56.8 Å². The number of rotatable bonds is 4. The van der Waals surface area contributed by atoms with Crippen LogP contribution in [0, 0.1) is 5.82 Å². The minimum atomic E-state index is -0.708. The van der Waals surface area contributed by atoms with Crippen LogP contribution in [0.5, 0.6) is 11.5 Å². The van der Waals surface area contributed by atoms with Crippen LogP contribution >= 0.6 is 27.5 Å². The molecular formula is C15H14BrClFNO2. The van der Waals surface area contributed by atoms with Crippen LogP contribution in [0.1, 0.15) is 17.2 Å². The summed E-state index contributed by atoms with van der Waals surface area (Å²) in [7, 11) is 3.07. The highest BCUT2D eigenvalue weighted by atomic mass is 79.9. The van der Waals surface area contributed by atoms with Gasteiger partial charge in [0.25, 0.3) is 0 Å². The maximum Gasteiger partial charge on any atom is 0.141 e. The van der Waals surface area contributed by atoms with E-state index in [1.807, 2.05) is 0 Å². The first-order chi connectivity index (χ1) is 9.99. The van der Waals surface area contributed by atoms with E-state index in [1.165, 1.54) is 25.3 Å². The van der Waals surface area contributed by atoms with E-state index in [0.29, 0.717) is 32.1 Å². The van der Waals surface area contributed by atoms with Gasteiger partial charge in [-0.15, -0.1) is 0 Å². The first kappa shape index (κ1) is 16.1. The highest BCUT2D eigenvalue weighted by molar-refractivity contribution is 9.10. The molecule has 0 amide bonds.